The molecule has 0 aromatic heterocycles. The first-order chi connectivity index (χ1) is 33.3. The smallest absolute Gasteiger partial charge is 0.462 e. The summed E-state index contributed by atoms with van der Waals surface area (Å²) < 4.78 is 32.8. The number of rotatable bonds is 49. The molecule has 2 unspecified atom stereocenters. The average Bonchev–Trinajstić information content (AvgIpc) is 3.33. The molecule has 0 fully saturated rings. The van der Waals surface area contributed by atoms with Crippen molar-refractivity contribution >= 4 is 19.8 Å². The third kappa shape index (κ3) is 52.0. The minimum Gasteiger partial charge on any atom is -0.462 e. The zero-order valence-electron chi connectivity index (χ0n) is 43.0. The molecule has 2 atom stereocenters. The molecule has 0 saturated carbocycles. The molecule has 0 amide bonds. The number of phosphoric ester groups is 1. The van der Waals surface area contributed by atoms with Gasteiger partial charge in [-0.3, -0.25) is 18.6 Å². The highest BCUT2D eigenvalue weighted by Crippen LogP contribution is 2.43. The van der Waals surface area contributed by atoms with Crippen molar-refractivity contribution in [2.24, 2.45) is 5.73 Å². The molecule has 0 aliphatic rings. The molecule has 0 bridgehead atoms. The fourth-order valence-corrected chi connectivity index (χ4v) is 7.75. The molecule has 0 aliphatic carbocycles. The number of ether oxygens (including phenoxy) is 2. The van der Waals surface area contributed by atoms with Gasteiger partial charge in [-0.25, -0.2) is 4.57 Å². The van der Waals surface area contributed by atoms with E-state index in [4.69, 9.17) is 24.3 Å². The van der Waals surface area contributed by atoms with Crippen LogP contribution >= 0.6 is 7.82 Å². The van der Waals surface area contributed by atoms with Gasteiger partial charge in [0.1, 0.15) is 6.61 Å². The Bertz CT molecular complexity index is 1480. The lowest BCUT2D eigenvalue weighted by Gasteiger charge is -2.19. The van der Waals surface area contributed by atoms with Crippen LogP contribution in [0.2, 0.25) is 0 Å². The molecule has 3 N–H and O–H groups in total. The lowest BCUT2D eigenvalue weighted by atomic mass is 10.0. The van der Waals surface area contributed by atoms with Crippen LogP contribution < -0.4 is 5.73 Å². The van der Waals surface area contributed by atoms with Gasteiger partial charge in [-0.05, 0) is 83.5 Å². The Morgan fingerprint density at radius 3 is 1.21 bits per heavy atom. The van der Waals surface area contributed by atoms with E-state index < -0.39 is 26.5 Å². The van der Waals surface area contributed by atoms with Gasteiger partial charge in [-0.2, -0.15) is 0 Å². The van der Waals surface area contributed by atoms with E-state index in [1.54, 1.807) is 0 Å². The standard InChI is InChI=1S/C58H98NO8P/c1-3-5-7-9-11-13-14-15-16-17-18-19-20-21-22-23-24-25-26-27-28-29-30-31-32-33-34-35-36-37-38-39-40-41-42-43-45-47-49-51-58(61)67-56(55-66-68(62,63)65-53-52-59)54-64-57(60)50-48-46-44-12-10-8-6-4-2/h5,7,11,13,15-16,18-19,21-22,24-25,27-28,30-31,33-34,56H,3-4,6,8-10,12,14,17,20,23,26,29,32,35-55,59H2,1-2H3,(H,62,63)/b7-5-,13-11-,16-15-,19-18-,22-21-,25-24-,28-27-,31-30-,34-33-. The third-order valence-electron chi connectivity index (χ3n) is 10.9. The van der Waals surface area contributed by atoms with Crippen LogP contribution in [0.3, 0.4) is 0 Å². The van der Waals surface area contributed by atoms with Gasteiger partial charge in [0.05, 0.1) is 13.2 Å². The lowest BCUT2D eigenvalue weighted by molar-refractivity contribution is -0.161. The van der Waals surface area contributed by atoms with Crippen LogP contribution in [0, 0.1) is 0 Å². The number of esters is 2. The Hall–Kier alpha value is -3.33. The second kappa shape index (κ2) is 53.0. The van der Waals surface area contributed by atoms with Crippen molar-refractivity contribution in [2.45, 2.75) is 219 Å². The predicted molar refractivity (Wildman–Crippen MR) is 288 cm³/mol. The van der Waals surface area contributed by atoms with Crippen molar-refractivity contribution in [3.05, 3.63) is 109 Å². The fraction of sp³-hybridized carbons (Fsp3) is 0.655. The van der Waals surface area contributed by atoms with Gasteiger partial charge >= 0.3 is 19.8 Å². The summed E-state index contributed by atoms with van der Waals surface area (Å²) in [6.07, 6.45) is 71.7. The van der Waals surface area contributed by atoms with E-state index in [9.17, 15) is 19.0 Å². The molecular formula is C58H98NO8P. The molecule has 0 aromatic carbocycles. The van der Waals surface area contributed by atoms with Gasteiger partial charge in [0.25, 0.3) is 0 Å². The summed E-state index contributed by atoms with van der Waals surface area (Å²) in [6.45, 7) is 3.57. The molecule has 388 valence electrons. The summed E-state index contributed by atoms with van der Waals surface area (Å²) in [6, 6.07) is 0. The Balaban J connectivity index is 3.88. The van der Waals surface area contributed by atoms with Gasteiger partial charge in [0.2, 0.25) is 0 Å². The molecular weight excluding hydrogens is 870 g/mol. The average molecular weight is 968 g/mol. The summed E-state index contributed by atoms with van der Waals surface area (Å²) in [5.41, 5.74) is 5.35. The Morgan fingerprint density at radius 1 is 0.456 bits per heavy atom. The van der Waals surface area contributed by atoms with Crippen LogP contribution in [-0.4, -0.2) is 49.3 Å². The molecule has 10 heteroatoms. The molecule has 0 rings (SSSR count). The number of hydrogen-bond donors (Lipinski definition) is 2. The van der Waals surface area contributed by atoms with E-state index in [-0.39, 0.29) is 38.6 Å². The SMILES string of the molecule is CC/C=C\C/C=C\C/C=C\C/C=C\C/C=C\C/C=C\C/C=C\C/C=C\C/C=C\CCCCCCCCCCCCCC(=O)OC(COC(=O)CCCCCCCCCC)COP(=O)(O)OCCN. The monoisotopic (exact) mass is 968 g/mol. The van der Waals surface area contributed by atoms with E-state index in [0.717, 1.165) is 103 Å². The Labute approximate surface area is 416 Å². The molecule has 9 nitrogen and oxygen atoms in total. The maximum atomic E-state index is 12.6. The summed E-state index contributed by atoms with van der Waals surface area (Å²) in [5.74, 6) is -0.840. The van der Waals surface area contributed by atoms with Crippen LogP contribution in [0.25, 0.3) is 0 Å². The number of nitrogens with two attached hydrogens (primary N) is 1. The number of phosphoric acid groups is 1. The van der Waals surface area contributed by atoms with Gasteiger partial charge in [0.15, 0.2) is 6.10 Å². The van der Waals surface area contributed by atoms with Crippen molar-refractivity contribution in [1.82, 2.24) is 0 Å². The molecule has 0 saturated heterocycles. The number of carbonyl (C=O) groups is 2. The normalized spacial score (nSPS) is 14.0. The Morgan fingerprint density at radius 2 is 0.809 bits per heavy atom. The summed E-state index contributed by atoms with van der Waals surface area (Å²) in [4.78, 5) is 34.8. The van der Waals surface area contributed by atoms with Gasteiger partial charge in [0, 0.05) is 19.4 Å². The first-order valence-corrected chi connectivity index (χ1v) is 28.4. The third-order valence-corrected chi connectivity index (χ3v) is 11.9. The number of allylic oxidation sites excluding steroid dienone is 18. The predicted octanol–water partition coefficient (Wildman–Crippen LogP) is 16.7. The lowest BCUT2D eigenvalue weighted by Crippen LogP contribution is -2.29. The van der Waals surface area contributed by atoms with Gasteiger partial charge in [-0.1, -0.05) is 226 Å². The molecule has 68 heavy (non-hydrogen) atoms. The topological polar surface area (TPSA) is 134 Å². The van der Waals surface area contributed by atoms with Crippen molar-refractivity contribution in [3.8, 4) is 0 Å². The van der Waals surface area contributed by atoms with Crippen molar-refractivity contribution < 1.29 is 37.6 Å². The Kier molecular flexibility index (Phi) is 50.4. The summed E-state index contributed by atoms with van der Waals surface area (Å²) in [7, 11) is -4.38. The second-order valence-corrected chi connectivity index (χ2v) is 18.8. The van der Waals surface area contributed by atoms with E-state index in [1.807, 2.05) is 0 Å². The minimum atomic E-state index is -4.38. The first-order valence-electron chi connectivity index (χ1n) is 26.9. The van der Waals surface area contributed by atoms with Crippen LogP contribution in [0.1, 0.15) is 213 Å². The molecule has 0 spiro atoms. The zero-order valence-corrected chi connectivity index (χ0v) is 43.9. The summed E-state index contributed by atoms with van der Waals surface area (Å²) >= 11 is 0. The van der Waals surface area contributed by atoms with Crippen molar-refractivity contribution in [2.75, 3.05) is 26.4 Å². The van der Waals surface area contributed by atoms with Crippen LogP contribution in [-0.2, 0) is 32.7 Å². The van der Waals surface area contributed by atoms with E-state index in [1.165, 1.54) is 77.0 Å². The van der Waals surface area contributed by atoms with Crippen LogP contribution in [0.4, 0.5) is 0 Å². The van der Waals surface area contributed by atoms with Crippen molar-refractivity contribution in [1.29, 1.82) is 0 Å². The molecule has 0 aromatic rings. The maximum Gasteiger partial charge on any atom is 0.472 e. The number of carbonyl (C=O) groups excluding carboxylic acids is 2. The van der Waals surface area contributed by atoms with Gasteiger partial charge in [-0.15, -0.1) is 0 Å². The second-order valence-electron chi connectivity index (χ2n) is 17.4. The maximum absolute atomic E-state index is 12.6. The van der Waals surface area contributed by atoms with E-state index in [2.05, 4.69) is 123 Å². The number of hydrogen-bond acceptors (Lipinski definition) is 8. The van der Waals surface area contributed by atoms with Crippen LogP contribution in [0.15, 0.2) is 109 Å². The highest BCUT2D eigenvalue weighted by molar-refractivity contribution is 7.47. The van der Waals surface area contributed by atoms with Crippen molar-refractivity contribution in [3.63, 3.8) is 0 Å². The van der Waals surface area contributed by atoms with E-state index >= 15 is 0 Å². The fourth-order valence-electron chi connectivity index (χ4n) is 6.98. The zero-order chi connectivity index (χ0) is 49.5. The largest absolute Gasteiger partial charge is 0.472 e. The quantitative estimate of drug-likeness (QED) is 0.0264. The molecule has 0 heterocycles. The van der Waals surface area contributed by atoms with Gasteiger partial charge < -0.3 is 20.1 Å². The highest BCUT2D eigenvalue weighted by Gasteiger charge is 2.26. The van der Waals surface area contributed by atoms with E-state index in [0.29, 0.717) is 6.42 Å². The summed E-state index contributed by atoms with van der Waals surface area (Å²) in [5, 5.41) is 0. The molecule has 0 aliphatic heterocycles. The highest BCUT2D eigenvalue weighted by atomic mass is 31.2. The minimum absolute atomic E-state index is 0.0497. The first kappa shape index (κ1) is 64.7. The van der Waals surface area contributed by atoms with Crippen LogP contribution in [0.5, 0.6) is 0 Å². The molecule has 0 radical (unpaired) electrons. The number of unbranched alkanes of at least 4 members (excludes halogenated alkanes) is 18.